The molecule has 1 aromatic carbocycles. The molecule has 28 heavy (non-hydrogen) atoms. The molecule has 5 heteroatoms. The van der Waals surface area contributed by atoms with Crippen LogP contribution in [0.1, 0.15) is 47.4 Å². The Balaban J connectivity index is 1.65. The van der Waals surface area contributed by atoms with Crippen molar-refractivity contribution in [2.45, 2.75) is 39.3 Å². The Bertz CT molecular complexity index is 806. The van der Waals surface area contributed by atoms with E-state index in [4.69, 9.17) is 5.11 Å². The van der Waals surface area contributed by atoms with Crippen LogP contribution >= 0.6 is 11.3 Å². The summed E-state index contributed by atoms with van der Waals surface area (Å²) in [7, 11) is 0. The summed E-state index contributed by atoms with van der Waals surface area (Å²) in [5, 5.41) is 14.1. The Hall–Kier alpha value is -1.95. The van der Waals surface area contributed by atoms with Crippen molar-refractivity contribution in [2.24, 2.45) is 5.92 Å². The van der Waals surface area contributed by atoms with Crippen molar-refractivity contribution in [3.63, 3.8) is 0 Å². The standard InChI is InChI=1S/C23H30N2O2S/c1-17-9-11-25(12-10-17)22(21-6-4-3-5-18(21)2)14-24-23(27)8-7-20-13-19(15-26)16-28-20/h3-8,13,16-17,22,26H,9-12,14-15H2,1-2H3,(H,24,27). The molecule has 0 spiro atoms. The van der Waals surface area contributed by atoms with E-state index in [9.17, 15) is 4.79 Å². The van der Waals surface area contributed by atoms with Gasteiger partial charge in [0.15, 0.2) is 0 Å². The predicted molar refractivity (Wildman–Crippen MR) is 116 cm³/mol. The molecule has 3 rings (SSSR count). The molecule has 1 aromatic heterocycles. The average molecular weight is 399 g/mol. The van der Waals surface area contributed by atoms with Gasteiger partial charge in [0, 0.05) is 17.5 Å². The summed E-state index contributed by atoms with van der Waals surface area (Å²) < 4.78 is 0. The fourth-order valence-electron chi connectivity index (χ4n) is 3.72. The number of likely N-dealkylation sites (tertiary alicyclic amines) is 1. The number of hydrogen-bond acceptors (Lipinski definition) is 4. The van der Waals surface area contributed by atoms with Crippen LogP contribution in [0.5, 0.6) is 0 Å². The molecule has 1 fully saturated rings. The summed E-state index contributed by atoms with van der Waals surface area (Å²) in [4.78, 5) is 15.9. The number of aryl methyl sites for hydroxylation is 1. The van der Waals surface area contributed by atoms with Crippen molar-refractivity contribution >= 4 is 23.3 Å². The second-order valence-electron chi connectivity index (χ2n) is 7.68. The number of hydrogen-bond donors (Lipinski definition) is 2. The molecule has 1 aliphatic rings. The molecule has 1 saturated heterocycles. The van der Waals surface area contributed by atoms with Crippen LogP contribution in [0.15, 0.2) is 41.8 Å². The normalized spacial score (nSPS) is 17.1. The first kappa shape index (κ1) is 20.8. The van der Waals surface area contributed by atoms with Crippen LogP contribution in [0.25, 0.3) is 6.08 Å². The van der Waals surface area contributed by atoms with Gasteiger partial charge in [-0.15, -0.1) is 11.3 Å². The van der Waals surface area contributed by atoms with E-state index in [1.165, 1.54) is 35.3 Å². The number of nitrogens with one attached hydrogen (secondary N) is 1. The predicted octanol–water partition coefficient (Wildman–Crippen LogP) is 4.15. The second kappa shape index (κ2) is 10.0. The van der Waals surface area contributed by atoms with Gasteiger partial charge in [-0.2, -0.15) is 0 Å². The molecule has 0 bridgehead atoms. The van der Waals surface area contributed by atoms with Crippen molar-refractivity contribution in [1.82, 2.24) is 10.2 Å². The maximum Gasteiger partial charge on any atom is 0.244 e. The number of thiophene rings is 1. The average Bonchev–Trinajstić information content (AvgIpc) is 3.17. The largest absolute Gasteiger partial charge is 0.392 e. The van der Waals surface area contributed by atoms with Crippen molar-refractivity contribution < 1.29 is 9.90 Å². The van der Waals surface area contributed by atoms with E-state index in [1.54, 1.807) is 6.08 Å². The van der Waals surface area contributed by atoms with Crippen LogP contribution in [-0.4, -0.2) is 35.5 Å². The number of benzene rings is 1. The molecular weight excluding hydrogens is 368 g/mol. The minimum absolute atomic E-state index is 0.0308. The molecule has 0 aliphatic carbocycles. The van der Waals surface area contributed by atoms with E-state index < -0.39 is 0 Å². The summed E-state index contributed by atoms with van der Waals surface area (Å²) in [6.45, 7) is 7.25. The van der Waals surface area contributed by atoms with Crippen LogP contribution < -0.4 is 5.32 Å². The molecule has 2 N–H and O–H groups in total. The van der Waals surface area contributed by atoms with Crippen molar-refractivity contribution in [2.75, 3.05) is 19.6 Å². The van der Waals surface area contributed by atoms with Gasteiger partial charge in [0.1, 0.15) is 0 Å². The van der Waals surface area contributed by atoms with Crippen LogP contribution in [-0.2, 0) is 11.4 Å². The number of nitrogens with zero attached hydrogens (tertiary/aromatic N) is 1. The Kier molecular flexibility index (Phi) is 7.43. The van der Waals surface area contributed by atoms with Gasteiger partial charge in [0.2, 0.25) is 5.91 Å². The van der Waals surface area contributed by atoms with Crippen LogP contribution in [0.4, 0.5) is 0 Å². The monoisotopic (exact) mass is 398 g/mol. The lowest BCUT2D eigenvalue weighted by Crippen LogP contribution is -2.42. The Morgan fingerprint density at radius 2 is 2.11 bits per heavy atom. The zero-order valence-electron chi connectivity index (χ0n) is 16.7. The summed E-state index contributed by atoms with van der Waals surface area (Å²) in [6.07, 6.45) is 5.81. The number of piperidine rings is 1. The quantitative estimate of drug-likeness (QED) is 0.689. The molecule has 4 nitrogen and oxygen atoms in total. The third-order valence-electron chi connectivity index (χ3n) is 5.53. The highest BCUT2D eigenvalue weighted by molar-refractivity contribution is 7.11. The molecule has 2 heterocycles. The molecule has 1 atom stereocenters. The topological polar surface area (TPSA) is 52.6 Å². The van der Waals surface area contributed by atoms with Gasteiger partial charge in [-0.05, 0) is 73.0 Å². The number of carbonyl (C=O) groups is 1. The van der Waals surface area contributed by atoms with Gasteiger partial charge in [-0.1, -0.05) is 31.2 Å². The van der Waals surface area contributed by atoms with Gasteiger partial charge in [0.05, 0.1) is 12.6 Å². The maximum absolute atomic E-state index is 12.4. The van der Waals surface area contributed by atoms with E-state index in [0.29, 0.717) is 6.54 Å². The highest BCUT2D eigenvalue weighted by atomic mass is 32.1. The number of amides is 1. The molecule has 1 unspecified atom stereocenters. The molecule has 0 radical (unpaired) electrons. The zero-order valence-corrected chi connectivity index (χ0v) is 17.5. The van der Waals surface area contributed by atoms with Crippen LogP contribution in [0, 0.1) is 12.8 Å². The highest BCUT2D eigenvalue weighted by Crippen LogP contribution is 2.28. The van der Waals surface area contributed by atoms with E-state index in [2.05, 4.69) is 48.3 Å². The number of rotatable bonds is 7. The third-order valence-corrected chi connectivity index (χ3v) is 6.48. The Labute approximate surface area is 171 Å². The lowest BCUT2D eigenvalue weighted by atomic mass is 9.94. The van der Waals surface area contributed by atoms with E-state index in [0.717, 1.165) is 29.4 Å². The molecule has 150 valence electrons. The molecule has 1 aliphatic heterocycles. The summed E-state index contributed by atoms with van der Waals surface area (Å²) in [5.74, 6) is 0.698. The van der Waals surface area contributed by atoms with E-state index in [1.807, 2.05) is 17.5 Å². The Morgan fingerprint density at radius 1 is 1.36 bits per heavy atom. The number of aliphatic hydroxyl groups is 1. The smallest absolute Gasteiger partial charge is 0.244 e. The number of aliphatic hydroxyl groups excluding tert-OH is 1. The van der Waals surface area contributed by atoms with Gasteiger partial charge < -0.3 is 10.4 Å². The van der Waals surface area contributed by atoms with E-state index in [-0.39, 0.29) is 18.6 Å². The summed E-state index contributed by atoms with van der Waals surface area (Å²) in [6, 6.07) is 10.6. The molecular formula is C23H30N2O2S. The first-order chi connectivity index (χ1) is 13.6. The summed E-state index contributed by atoms with van der Waals surface area (Å²) in [5.41, 5.74) is 3.45. The van der Waals surface area contributed by atoms with Gasteiger partial charge in [-0.25, -0.2) is 0 Å². The minimum Gasteiger partial charge on any atom is -0.392 e. The maximum atomic E-state index is 12.4. The van der Waals surface area contributed by atoms with Gasteiger partial charge in [-0.3, -0.25) is 9.69 Å². The number of carbonyl (C=O) groups excluding carboxylic acids is 1. The van der Waals surface area contributed by atoms with Crippen LogP contribution in [0.2, 0.25) is 0 Å². The van der Waals surface area contributed by atoms with Crippen molar-refractivity contribution in [3.05, 3.63) is 63.4 Å². The Morgan fingerprint density at radius 3 is 2.79 bits per heavy atom. The molecule has 1 amide bonds. The van der Waals surface area contributed by atoms with Crippen molar-refractivity contribution in [1.29, 1.82) is 0 Å². The second-order valence-corrected chi connectivity index (χ2v) is 8.63. The third kappa shape index (κ3) is 5.53. The fourth-order valence-corrected chi connectivity index (χ4v) is 4.51. The fraction of sp³-hybridized carbons (Fsp3) is 0.435. The zero-order chi connectivity index (χ0) is 19.9. The summed E-state index contributed by atoms with van der Waals surface area (Å²) >= 11 is 1.53. The molecule has 2 aromatic rings. The van der Waals surface area contributed by atoms with E-state index >= 15 is 0 Å². The first-order valence-electron chi connectivity index (χ1n) is 10.0. The lowest BCUT2D eigenvalue weighted by Gasteiger charge is -2.37. The molecule has 0 saturated carbocycles. The highest BCUT2D eigenvalue weighted by Gasteiger charge is 2.25. The van der Waals surface area contributed by atoms with Crippen molar-refractivity contribution in [3.8, 4) is 0 Å². The van der Waals surface area contributed by atoms with Gasteiger partial charge in [0.25, 0.3) is 0 Å². The van der Waals surface area contributed by atoms with Crippen LogP contribution in [0.3, 0.4) is 0 Å². The lowest BCUT2D eigenvalue weighted by molar-refractivity contribution is -0.116. The first-order valence-corrected chi connectivity index (χ1v) is 10.9. The van der Waals surface area contributed by atoms with Gasteiger partial charge >= 0.3 is 0 Å². The SMILES string of the molecule is Cc1ccccc1C(CNC(=O)C=Cc1cc(CO)cs1)N1CCC(C)CC1. The minimum atomic E-state index is -0.0806.